The second-order valence-electron chi connectivity index (χ2n) is 7.56. The van der Waals surface area contributed by atoms with Crippen LogP contribution in [0.5, 0.6) is 0 Å². The van der Waals surface area contributed by atoms with Crippen molar-refractivity contribution in [3.05, 3.63) is 57.0 Å². The van der Waals surface area contributed by atoms with Crippen LogP contribution in [-0.4, -0.2) is 51.5 Å². The van der Waals surface area contributed by atoms with Gasteiger partial charge in [-0.2, -0.15) is 5.26 Å². The number of rotatable bonds is 6. The van der Waals surface area contributed by atoms with Crippen LogP contribution in [0.4, 0.5) is 11.5 Å². The molecule has 0 radical (unpaired) electrons. The number of amides is 1. The quantitative estimate of drug-likeness (QED) is 0.306. The minimum Gasteiger partial charge on any atom is -0.353 e. The number of anilines is 1. The summed E-state index contributed by atoms with van der Waals surface area (Å²) >= 11 is 0. The van der Waals surface area contributed by atoms with Crippen LogP contribution >= 0.6 is 0 Å². The maximum absolute atomic E-state index is 12.9. The molecule has 1 aliphatic rings. The number of aromatic nitrogens is 2. The van der Waals surface area contributed by atoms with Gasteiger partial charge < -0.3 is 14.4 Å². The molecule has 1 fully saturated rings. The van der Waals surface area contributed by atoms with E-state index in [9.17, 15) is 20.2 Å². The summed E-state index contributed by atoms with van der Waals surface area (Å²) in [6, 6.07) is 7.11. The number of hydrogen-bond donors (Lipinski definition) is 0. The summed E-state index contributed by atoms with van der Waals surface area (Å²) in [5.74, 6) is 0.358. The van der Waals surface area contributed by atoms with Crippen LogP contribution in [0.15, 0.2) is 30.0 Å². The first kappa shape index (κ1) is 22.0. The summed E-state index contributed by atoms with van der Waals surface area (Å²) in [6.45, 7) is 9.03. The molecular formula is C22H26N6O3. The summed E-state index contributed by atoms with van der Waals surface area (Å²) in [5.41, 5.74) is 3.12. The highest BCUT2D eigenvalue weighted by Crippen LogP contribution is 2.21. The molecule has 1 amide bonds. The van der Waals surface area contributed by atoms with Crippen LogP contribution in [0.2, 0.25) is 0 Å². The van der Waals surface area contributed by atoms with E-state index in [1.165, 1.54) is 12.3 Å². The first-order valence-corrected chi connectivity index (χ1v) is 10.3. The van der Waals surface area contributed by atoms with Gasteiger partial charge in [-0.3, -0.25) is 14.9 Å². The molecule has 9 nitrogen and oxygen atoms in total. The molecule has 1 aliphatic heterocycles. The molecule has 0 unspecified atom stereocenters. The minimum atomic E-state index is -0.483. The number of aryl methyl sites for hydroxylation is 1. The van der Waals surface area contributed by atoms with Crippen LogP contribution in [0.25, 0.3) is 6.08 Å². The SMILES string of the molecule is CCCn1c(C)cc(/C=C(/C#N)C(=O)N2CCN(c3ccc([N+](=O)[O-])cn3)CC2)c1C. The minimum absolute atomic E-state index is 0.0559. The highest BCUT2D eigenvalue weighted by molar-refractivity contribution is 6.02. The molecule has 0 bridgehead atoms. The van der Waals surface area contributed by atoms with Crippen molar-refractivity contribution in [2.24, 2.45) is 0 Å². The van der Waals surface area contributed by atoms with Crippen molar-refractivity contribution in [1.82, 2.24) is 14.5 Å². The molecule has 2 aromatic heterocycles. The first-order valence-electron chi connectivity index (χ1n) is 10.3. The number of nitriles is 1. The first-order chi connectivity index (χ1) is 14.8. The van der Waals surface area contributed by atoms with Gasteiger partial charge in [-0.25, -0.2) is 4.98 Å². The third-order valence-electron chi connectivity index (χ3n) is 5.54. The van der Waals surface area contributed by atoms with Gasteiger partial charge in [0.05, 0.1) is 4.92 Å². The molecule has 0 aliphatic carbocycles. The van der Waals surface area contributed by atoms with Gasteiger partial charge in [-0.15, -0.1) is 0 Å². The zero-order chi connectivity index (χ0) is 22.5. The Morgan fingerprint density at radius 3 is 2.55 bits per heavy atom. The fourth-order valence-corrected chi connectivity index (χ4v) is 3.82. The number of hydrogen-bond acceptors (Lipinski definition) is 6. The number of piperazine rings is 1. The van der Waals surface area contributed by atoms with Gasteiger partial charge in [-0.1, -0.05) is 6.92 Å². The van der Waals surface area contributed by atoms with Crippen molar-refractivity contribution in [2.75, 3.05) is 31.1 Å². The lowest BCUT2D eigenvalue weighted by Gasteiger charge is -2.35. The largest absolute Gasteiger partial charge is 0.353 e. The maximum atomic E-state index is 12.9. The Hall–Kier alpha value is -3.67. The zero-order valence-corrected chi connectivity index (χ0v) is 18.0. The van der Waals surface area contributed by atoms with E-state index in [0.29, 0.717) is 32.0 Å². The topological polar surface area (TPSA) is 108 Å². The summed E-state index contributed by atoms with van der Waals surface area (Å²) in [5, 5.41) is 20.4. The average molecular weight is 422 g/mol. The highest BCUT2D eigenvalue weighted by Gasteiger charge is 2.25. The Labute approximate surface area is 181 Å². The third kappa shape index (κ3) is 4.74. The maximum Gasteiger partial charge on any atom is 0.287 e. The second-order valence-corrected chi connectivity index (χ2v) is 7.56. The molecule has 1 saturated heterocycles. The molecule has 0 atom stereocenters. The molecule has 0 spiro atoms. The number of carbonyl (C=O) groups is 1. The standard InChI is InChI=1S/C22H26N6O3/c1-4-7-27-16(2)12-18(17(27)3)13-19(14-23)22(29)26-10-8-25(9-11-26)21-6-5-20(15-24-21)28(30)31/h5-6,12-13,15H,4,7-11H2,1-3H3/b19-13-. The smallest absolute Gasteiger partial charge is 0.287 e. The lowest BCUT2D eigenvalue weighted by atomic mass is 10.1. The number of carbonyl (C=O) groups excluding carboxylic acids is 1. The Morgan fingerprint density at radius 1 is 1.29 bits per heavy atom. The monoisotopic (exact) mass is 422 g/mol. The van der Waals surface area contributed by atoms with E-state index in [4.69, 9.17) is 0 Å². The van der Waals surface area contributed by atoms with Gasteiger partial charge in [0.1, 0.15) is 23.7 Å². The van der Waals surface area contributed by atoms with Crippen molar-refractivity contribution in [1.29, 1.82) is 5.26 Å². The van der Waals surface area contributed by atoms with E-state index in [0.717, 1.165) is 29.9 Å². The summed E-state index contributed by atoms with van der Waals surface area (Å²) in [7, 11) is 0. The third-order valence-corrected chi connectivity index (χ3v) is 5.54. The van der Waals surface area contributed by atoms with Crippen LogP contribution in [-0.2, 0) is 11.3 Å². The van der Waals surface area contributed by atoms with Crippen molar-refractivity contribution in [2.45, 2.75) is 33.7 Å². The van der Waals surface area contributed by atoms with Gasteiger partial charge in [0.15, 0.2) is 0 Å². The molecule has 3 heterocycles. The van der Waals surface area contributed by atoms with E-state index in [2.05, 4.69) is 22.5 Å². The Bertz CT molecular complexity index is 1040. The molecule has 162 valence electrons. The van der Waals surface area contributed by atoms with Gasteiger partial charge in [0.2, 0.25) is 0 Å². The van der Waals surface area contributed by atoms with Crippen molar-refractivity contribution >= 4 is 23.5 Å². The summed E-state index contributed by atoms with van der Waals surface area (Å²) < 4.78 is 2.20. The van der Waals surface area contributed by atoms with E-state index in [1.54, 1.807) is 17.0 Å². The molecule has 31 heavy (non-hydrogen) atoms. The van der Waals surface area contributed by atoms with Crippen LogP contribution in [0, 0.1) is 35.3 Å². The van der Waals surface area contributed by atoms with Gasteiger partial charge in [0, 0.05) is 50.2 Å². The lowest BCUT2D eigenvalue weighted by Crippen LogP contribution is -2.49. The van der Waals surface area contributed by atoms with Gasteiger partial charge in [-0.05, 0) is 44.0 Å². The Morgan fingerprint density at radius 2 is 2.00 bits per heavy atom. The van der Waals surface area contributed by atoms with Crippen LogP contribution in [0.3, 0.4) is 0 Å². The molecule has 0 N–H and O–H groups in total. The highest BCUT2D eigenvalue weighted by atomic mass is 16.6. The fraction of sp³-hybridized carbons (Fsp3) is 0.409. The number of nitro groups is 1. The Balaban J connectivity index is 1.69. The molecule has 2 aromatic rings. The summed E-state index contributed by atoms with van der Waals surface area (Å²) in [6.07, 6.45) is 3.93. The number of nitrogens with zero attached hydrogens (tertiary/aromatic N) is 6. The molecule has 9 heteroatoms. The van der Waals surface area contributed by atoms with Gasteiger partial charge in [0.25, 0.3) is 11.6 Å². The van der Waals surface area contributed by atoms with E-state index < -0.39 is 4.92 Å². The molecule has 3 rings (SSSR count). The average Bonchev–Trinajstić information content (AvgIpc) is 3.04. The van der Waals surface area contributed by atoms with Crippen LogP contribution in [0.1, 0.15) is 30.3 Å². The summed E-state index contributed by atoms with van der Waals surface area (Å²) in [4.78, 5) is 31.0. The van der Waals surface area contributed by atoms with E-state index >= 15 is 0 Å². The number of pyridine rings is 1. The fourth-order valence-electron chi connectivity index (χ4n) is 3.82. The molecular weight excluding hydrogens is 396 g/mol. The predicted octanol–water partition coefficient (Wildman–Crippen LogP) is 3.07. The van der Waals surface area contributed by atoms with Gasteiger partial charge >= 0.3 is 0 Å². The van der Waals surface area contributed by atoms with E-state index in [1.807, 2.05) is 24.8 Å². The van der Waals surface area contributed by atoms with Crippen molar-refractivity contribution < 1.29 is 9.72 Å². The Kier molecular flexibility index (Phi) is 6.70. The molecule has 0 aromatic carbocycles. The lowest BCUT2D eigenvalue weighted by molar-refractivity contribution is -0.385. The van der Waals surface area contributed by atoms with Crippen molar-refractivity contribution in [3.8, 4) is 6.07 Å². The normalized spacial score (nSPS) is 14.5. The van der Waals surface area contributed by atoms with E-state index in [-0.39, 0.29) is 17.2 Å². The molecule has 0 saturated carbocycles. The van der Waals surface area contributed by atoms with Crippen molar-refractivity contribution in [3.63, 3.8) is 0 Å². The second kappa shape index (κ2) is 9.43. The predicted molar refractivity (Wildman–Crippen MR) is 117 cm³/mol. The zero-order valence-electron chi connectivity index (χ0n) is 18.0. The van der Waals surface area contributed by atoms with Crippen LogP contribution < -0.4 is 4.90 Å².